The summed E-state index contributed by atoms with van der Waals surface area (Å²) in [5.74, 6) is 0.289. The first-order valence-electron chi connectivity index (χ1n) is 7.78. The van der Waals surface area contributed by atoms with Gasteiger partial charge in [0.25, 0.3) is 11.2 Å². The molecule has 4 rings (SSSR count). The lowest BCUT2D eigenvalue weighted by atomic mass is 10.2. The number of halogens is 1. The molecule has 124 valence electrons. The van der Waals surface area contributed by atoms with Gasteiger partial charge in [-0.1, -0.05) is 12.1 Å². The minimum Gasteiger partial charge on any atom is -0.493 e. The van der Waals surface area contributed by atoms with Crippen molar-refractivity contribution in [3.05, 3.63) is 58.8 Å². The molecule has 7 heteroatoms. The number of nitrogens with zero attached hydrogens (tertiary/aromatic N) is 2. The van der Waals surface area contributed by atoms with Gasteiger partial charge in [0.05, 0.1) is 11.1 Å². The standard InChI is InChI=1S/C18H13BrN3O3/c1-2-25-16-8-7-11(9-12(16)19)21-17(23)15-10-20-13-5-3-4-6-14(13)22(15)18(21)24/h3-10H,2H2,1H3/q+1/p+1. The summed E-state index contributed by atoms with van der Waals surface area (Å²) < 4.78 is 7.60. The molecule has 1 aromatic heterocycles. The number of ether oxygens (including phenoxy) is 1. The number of fused-ring (bicyclic) bond motifs is 3. The van der Waals surface area contributed by atoms with Crippen molar-refractivity contribution in [2.45, 2.75) is 6.92 Å². The Morgan fingerprint density at radius 3 is 2.76 bits per heavy atom. The first kappa shape index (κ1) is 15.7. The van der Waals surface area contributed by atoms with Crippen LogP contribution < -0.4 is 19.2 Å². The number of imide groups is 1. The lowest BCUT2D eigenvalue weighted by Crippen LogP contribution is -2.47. The van der Waals surface area contributed by atoms with Gasteiger partial charge >= 0.3 is 11.9 Å². The fourth-order valence-corrected chi connectivity index (χ4v) is 3.41. The molecular weight excluding hydrogens is 386 g/mol. The number of hydrogen-bond acceptors (Lipinski definition) is 3. The SMILES string of the molecule is CCOc1ccc(N2C(=O)c3c[nH+]c4ccccc4[n+]3C2=O)cc1Br. The number of H-pyrrole nitrogens is 1. The monoisotopic (exact) mass is 399 g/mol. The molecule has 0 atom stereocenters. The minimum absolute atomic E-state index is 0.300. The number of benzene rings is 2. The molecule has 2 amide bonds. The number of hydrogen-bond donors (Lipinski definition) is 0. The Morgan fingerprint density at radius 2 is 2.00 bits per heavy atom. The van der Waals surface area contributed by atoms with Crippen LogP contribution in [0.2, 0.25) is 0 Å². The highest BCUT2D eigenvalue weighted by molar-refractivity contribution is 9.10. The molecule has 6 nitrogen and oxygen atoms in total. The molecule has 0 radical (unpaired) electrons. The van der Waals surface area contributed by atoms with E-state index in [0.717, 1.165) is 10.4 Å². The molecule has 0 unspecified atom stereocenters. The molecule has 2 heterocycles. The first-order chi connectivity index (χ1) is 12.1. The Kier molecular flexibility index (Phi) is 3.73. The van der Waals surface area contributed by atoms with E-state index in [1.807, 2.05) is 25.1 Å². The molecular formula is C18H14BrN3O3+2. The largest absolute Gasteiger partial charge is 0.512 e. The zero-order chi connectivity index (χ0) is 17.6. The van der Waals surface area contributed by atoms with E-state index in [2.05, 4.69) is 20.9 Å². The van der Waals surface area contributed by atoms with Crippen LogP contribution in [-0.4, -0.2) is 18.5 Å². The van der Waals surface area contributed by atoms with Gasteiger partial charge in [-0.25, -0.2) is 9.78 Å². The van der Waals surface area contributed by atoms with Crippen LogP contribution in [0.15, 0.2) is 53.1 Å². The number of aromatic nitrogens is 2. The van der Waals surface area contributed by atoms with E-state index < -0.39 is 6.03 Å². The van der Waals surface area contributed by atoms with Crippen molar-refractivity contribution < 1.29 is 23.9 Å². The van der Waals surface area contributed by atoms with Crippen LogP contribution >= 0.6 is 15.9 Å². The topological polar surface area (TPSA) is 64.6 Å². The second kappa shape index (κ2) is 5.93. The Bertz CT molecular complexity index is 1040. The van der Waals surface area contributed by atoms with Gasteiger partial charge in [0.15, 0.2) is 0 Å². The van der Waals surface area contributed by atoms with Crippen molar-refractivity contribution in [2.24, 2.45) is 0 Å². The van der Waals surface area contributed by atoms with Crippen LogP contribution in [0.3, 0.4) is 0 Å². The van der Waals surface area contributed by atoms with E-state index in [0.29, 0.717) is 33.7 Å². The summed E-state index contributed by atoms with van der Waals surface area (Å²) in [4.78, 5) is 30.0. The highest BCUT2D eigenvalue weighted by atomic mass is 79.9. The third-order valence-corrected chi connectivity index (χ3v) is 4.65. The van der Waals surface area contributed by atoms with Crippen LogP contribution in [0, 0.1) is 0 Å². The van der Waals surface area contributed by atoms with Crippen LogP contribution in [0.4, 0.5) is 10.5 Å². The van der Waals surface area contributed by atoms with Crippen LogP contribution in [0.5, 0.6) is 5.75 Å². The van der Waals surface area contributed by atoms with Gasteiger partial charge in [-0.15, -0.1) is 9.47 Å². The second-order valence-electron chi connectivity index (χ2n) is 5.50. The number of carbonyl (C=O) groups is 2. The van der Waals surface area contributed by atoms with Gasteiger partial charge in [0.1, 0.15) is 11.4 Å². The molecule has 0 fully saturated rings. The van der Waals surface area contributed by atoms with E-state index in [4.69, 9.17) is 4.74 Å². The number of anilines is 1. The summed E-state index contributed by atoms with van der Waals surface area (Å²) in [6, 6.07) is 12.1. The maximum absolute atomic E-state index is 13.0. The normalized spacial score (nSPS) is 13.4. The highest BCUT2D eigenvalue weighted by Gasteiger charge is 2.50. The Balaban J connectivity index is 1.83. The summed E-state index contributed by atoms with van der Waals surface area (Å²) in [7, 11) is 0. The van der Waals surface area contributed by atoms with E-state index in [-0.39, 0.29) is 5.91 Å². The smallest absolute Gasteiger partial charge is 0.493 e. The van der Waals surface area contributed by atoms with Crippen molar-refractivity contribution in [2.75, 3.05) is 11.5 Å². The summed E-state index contributed by atoms with van der Waals surface area (Å²) in [6.45, 7) is 2.42. The lowest BCUT2D eigenvalue weighted by Gasteiger charge is -2.09. The summed E-state index contributed by atoms with van der Waals surface area (Å²) >= 11 is 3.42. The predicted molar refractivity (Wildman–Crippen MR) is 93.6 cm³/mol. The number of aromatic amines is 1. The number of carbonyl (C=O) groups excluding carboxylic acids is 2. The molecule has 0 bridgehead atoms. The Labute approximate surface area is 151 Å². The van der Waals surface area contributed by atoms with Gasteiger partial charge in [-0.3, -0.25) is 0 Å². The van der Waals surface area contributed by atoms with E-state index in [9.17, 15) is 9.59 Å². The van der Waals surface area contributed by atoms with Crippen molar-refractivity contribution in [3.8, 4) is 5.75 Å². The van der Waals surface area contributed by atoms with Gasteiger partial charge in [-0.2, -0.15) is 4.79 Å². The van der Waals surface area contributed by atoms with E-state index >= 15 is 0 Å². The number of nitrogens with one attached hydrogen (secondary N) is 1. The third kappa shape index (κ3) is 2.39. The zero-order valence-corrected chi connectivity index (χ0v) is 14.9. The van der Waals surface area contributed by atoms with Gasteiger partial charge in [-0.05, 0) is 41.1 Å². The predicted octanol–water partition coefficient (Wildman–Crippen LogP) is 2.73. The van der Waals surface area contributed by atoms with E-state index in [1.54, 1.807) is 30.5 Å². The Hall–Kier alpha value is -2.80. The quantitative estimate of drug-likeness (QED) is 0.636. The lowest BCUT2D eigenvalue weighted by molar-refractivity contribution is -0.551. The van der Waals surface area contributed by atoms with Crippen LogP contribution in [0.25, 0.3) is 11.0 Å². The van der Waals surface area contributed by atoms with Crippen molar-refractivity contribution in [3.63, 3.8) is 0 Å². The molecule has 1 N–H and O–H groups in total. The molecule has 2 aromatic carbocycles. The van der Waals surface area contributed by atoms with Crippen LogP contribution in [-0.2, 0) is 0 Å². The fourth-order valence-electron chi connectivity index (χ4n) is 2.93. The first-order valence-corrected chi connectivity index (χ1v) is 8.57. The maximum Gasteiger partial charge on any atom is 0.512 e. The van der Waals surface area contributed by atoms with Gasteiger partial charge in [0.2, 0.25) is 11.7 Å². The fraction of sp³-hybridized carbons (Fsp3) is 0.111. The highest BCUT2D eigenvalue weighted by Crippen LogP contribution is 2.31. The third-order valence-electron chi connectivity index (χ3n) is 4.03. The number of amides is 2. The van der Waals surface area contributed by atoms with E-state index in [1.165, 1.54) is 4.57 Å². The average Bonchev–Trinajstić information content (AvgIpc) is 2.88. The summed E-state index contributed by atoms with van der Waals surface area (Å²) in [6.07, 6.45) is 1.56. The van der Waals surface area contributed by atoms with Gasteiger partial charge in [0, 0.05) is 12.1 Å². The molecule has 0 aliphatic carbocycles. The molecule has 1 aliphatic heterocycles. The molecule has 0 saturated carbocycles. The average molecular weight is 400 g/mol. The number of rotatable bonds is 3. The molecule has 0 spiro atoms. The van der Waals surface area contributed by atoms with Crippen molar-refractivity contribution in [1.82, 2.24) is 0 Å². The molecule has 25 heavy (non-hydrogen) atoms. The van der Waals surface area contributed by atoms with Gasteiger partial charge < -0.3 is 4.74 Å². The molecule has 3 aromatic rings. The molecule has 0 saturated heterocycles. The molecule has 1 aliphatic rings. The summed E-state index contributed by atoms with van der Waals surface area (Å²) in [5.41, 5.74) is 2.22. The zero-order valence-electron chi connectivity index (χ0n) is 13.3. The minimum atomic E-state index is -0.402. The Morgan fingerprint density at radius 1 is 1.20 bits per heavy atom. The maximum atomic E-state index is 13.0. The summed E-state index contributed by atoms with van der Waals surface area (Å²) in [5, 5.41) is 0. The number of para-hydroxylation sites is 2. The second-order valence-corrected chi connectivity index (χ2v) is 6.35. The van der Waals surface area contributed by atoms with Crippen molar-refractivity contribution >= 4 is 44.6 Å². The van der Waals surface area contributed by atoms with Crippen molar-refractivity contribution in [1.29, 1.82) is 0 Å². The van der Waals surface area contributed by atoms with Crippen LogP contribution in [0.1, 0.15) is 17.4 Å².